The third-order valence-corrected chi connectivity index (χ3v) is 7.70. The number of carbonyl (C=O) groups excluding carboxylic acids is 1. The monoisotopic (exact) mass is 482 g/mol. The van der Waals surface area contributed by atoms with Gasteiger partial charge in [-0.15, -0.1) is 11.3 Å². The summed E-state index contributed by atoms with van der Waals surface area (Å²) in [4.78, 5) is 21.7. The van der Waals surface area contributed by atoms with Gasteiger partial charge in [0.25, 0.3) is 5.91 Å². The van der Waals surface area contributed by atoms with Gasteiger partial charge in [0.05, 0.1) is 21.6 Å². The molecule has 35 heavy (non-hydrogen) atoms. The van der Waals surface area contributed by atoms with Gasteiger partial charge in [-0.1, -0.05) is 36.4 Å². The normalized spacial score (nSPS) is 13.1. The van der Waals surface area contributed by atoms with E-state index >= 15 is 0 Å². The van der Waals surface area contributed by atoms with Crippen molar-refractivity contribution in [3.8, 4) is 11.4 Å². The van der Waals surface area contributed by atoms with Crippen molar-refractivity contribution < 1.29 is 9.18 Å². The van der Waals surface area contributed by atoms with E-state index in [2.05, 4.69) is 45.1 Å². The zero-order chi connectivity index (χ0) is 23.9. The number of amides is 1. The predicted octanol–water partition coefficient (Wildman–Crippen LogP) is 6.26. The molecule has 5 aromatic rings. The molecular weight excluding hydrogens is 459 g/mol. The highest BCUT2D eigenvalue weighted by atomic mass is 32.1. The van der Waals surface area contributed by atoms with Crippen LogP contribution in [0.2, 0.25) is 0 Å². The number of thiophene rings is 1. The summed E-state index contributed by atoms with van der Waals surface area (Å²) < 4.78 is 16.1. The van der Waals surface area contributed by atoms with Crippen molar-refractivity contribution in [3.63, 3.8) is 0 Å². The van der Waals surface area contributed by atoms with E-state index in [1.165, 1.54) is 22.3 Å². The second kappa shape index (κ2) is 8.67. The highest BCUT2D eigenvalue weighted by molar-refractivity contribution is 7.14. The molecule has 1 aliphatic heterocycles. The molecule has 0 unspecified atom stereocenters. The summed E-state index contributed by atoms with van der Waals surface area (Å²) in [6, 6.07) is 24.8. The second-order valence-corrected chi connectivity index (χ2v) is 9.83. The number of aryl methyl sites for hydroxylation is 1. The average molecular weight is 483 g/mol. The van der Waals surface area contributed by atoms with Crippen LogP contribution in [-0.2, 0) is 20.0 Å². The molecule has 3 aromatic carbocycles. The summed E-state index contributed by atoms with van der Waals surface area (Å²) in [5.74, 6) is 0.229. The Morgan fingerprint density at radius 1 is 1.03 bits per heavy atom. The fraction of sp³-hybridized carbons (Fsp3) is 0.143. The number of aromatic nitrogens is 2. The van der Waals surface area contributed by atoms with Crippen molar-refractivity contribution in [1.29, 1.82) is 0 Å². The third-order valence-electron chi connectivity index (χ3n) is 6.47. The van der Waals surface area contributed by atoms with Crippen LogP contribution in [0.25, 0.3) is 22.4 Å². The van der Waals surface area contributed by atoms with E-state index in [-0.39, 0.29) is 11.6 Å². The van der Waals surface area contributed by atoms with Crippen LogP contribution in [0.3, 0.4) is 0 Å². The Hall–Kier alpha value is -3.97. The van der Waals surface area contributed by atoms with E-state index in [4.69, 9.17) is 4.98 Å². The van der Waals surface area contributed by atoms with Crippen molar-refractivity contribution in [2.45, 2.75) is 13.0 Å². The van der Waals surface area contributed by atoms with E-state index in [9.17, 15) is 9.18 Å². The van der Waals surface area contributed by atoms with E-state index < -0.39 is 5.82 Å². The van der Waals surface area contributed by atoms with Gasteiger partial charge in [0.15, 0.2) is 0 Å². The lowest BCUT2D eigenvalue weighted by Gasteiger charge is -2.29. The Labute approximate surface area is 206 Å². The number of para-hydroxylation sites is 3. The van der Waals surface area contributed by atoms with E-state index in [0.29, 0.717) is 4.88 Å². The van der Waals surface area contributed by atoms with Crippen LogP contribution >= 0.6 is 11.3 Å². The van der Waals surface area contributed by atoms with Crippen LogP contribution < -0.4 is 10.2 Å². The number of nitrogens with zero attached hydrogens (tertiary/aromatic N) is 3. The smallest absolute Gasteiger partial charge is 0.265 e. The summed E-state index contributed by atoms with van der Waals surface area (Å²) in [5, 5.41) is 2.69. The Morgan fingerprint density at radius 2 is 1.86 bits per heavy atom. The molecule has 0 radical (unpaired) electrons. The molecular formula is C28H23FN4OS. The number of anilines is 2. The molecule has 3 heterocycles. The number of rotatable bonds is 4. The quantitative estimate of drug-likeness (QED) is 0.329. The summed E-state index contributed by atoms with van der Waals surface area (Å²) >= 11 is 1.50. The van der Waals surface area contributed by atoms with Crippen LogP contribution in [0.1, 0.15) is 20.1 Å². The first-order valence-electron chi connectivity index (χ1n) is 11.5. The number of hydrogen-bond acceptors (Lipinski definition) is 4. The number of imidazole rings is 1. The number of fused-ring (bicyclic) bond motifs is 2. The van der Waals surface area contributed by atoms with Gasteiger partial charge < -0.3 is 14.8 Å². The number of carbonyl (C=O) groups is 1. The first-order valence-corrected chi connectivity index (χ1v) is 12.3. The predicted molar refractivity (Wildman–Crippen MR) is 140 cm³/mol. The number of hydrogen-bond donors (Lipinski definition) is 1. The topological polar surface area (TPSA) is 50.2 Å². The lowest BCUT2D eigenvalue weighted by atomic mass is 10.1. The molecule has 0 spiro atoms. The third kappa shape index (κ3) is 3.98. The summed E-state index contributed by atoms with van der Waals surface area (Å²) in [7, 11) is 2.05. The first-order chi connectivity index (χ1) is 17.1. The van der Waals surface area contributed by atoms with Crippen molar-refractivity contribution >= 4 is 39.7 Å². The largest absolute Gasteiger partial charge is 0.367 e. The minimum absolute atomic E-state index is 0.198. The molecule has 5 nitrogen and oxygen atoms in total. The summed E-state index contributed by atoms with van der Waals surface area (Å²) in [6.07, 6.45) is 0.865. The van der Waals surface area contributed by atoms with E-state index in [0.717, 1.165) is 53.2 Å². The van der Waals surface area contributed by atoms with Gasteiger partial charge >= 0.3 is 0 Å². The molecule has 0 atom stereocenters. The fourth-order valence-electron chi connectivity index (χ4n) is 4.66. The van der Waals surface area contributed by atoms with Gasteiger partial charge in [0.2, 0.25) is 0 Å². The van der Waals surface area contributed by atoms with Gasteiger partial charge in [0.1, 0.15) is 11.6 Å². The maximum atomic E-state index is 13.9. The van der Waals surface area contributed by atoms with Crippen LogP contribution in [0.4, 0.5) is 15.8 Å². The van der Waals surface area contributed by atoms with E-state index in [1.807, 2.05) is 31.3 Å². The Bertz CT molecular complexity index is 1570. The Balaban J connectivity index is 1.24. The molecule has 0 fully saturated rings. The molecule has 0 bridgehead atoms. The highest BCUT2D eigenvalue weighted by Gasteiger charge is 2.23. The van der Waals surface area contributed by atoms with Crippen molar-refractivity contribution in [3.05, 3.63) is 100.0 Å². The van der Waals surface area contributed by atoms with Gasteiger partial charge in [-0.05, 0) is 54.4 Å². The van der Waals surface area contributed by atoms with Crippen LogP contribution in [0, 0.1) is 5.82 Å². The van der Waals surface area contributed by atoms with Crippen LogP contribution in [0.5, 0.6) is 0 Å². The Kier molecular flexibility index (Phi) is 5.34. The van der Waals surface area contributed by atoms with Crippen molar-refractivity contribution in [2.75, 3.05) is 16.8 Å². The molecule has 174 valence electrons. The zero-order valence-electron chi connectivity index (χ0n) is 19.2. The van der Waals surface area contributed by atoms with Crippen molar-refractivity contribution in [1.82, 2.24) is 9.55 Å². The molecule has 1 N–H and O–H groups in total. The molecule has 1 amide bonds. The average Bonchev–Trinajstić information content (AvgIpc) is 3.46. The summed E-state index contributed by atoms with van der Waals surface area (Å²) in [5.41, 5.74) is 5.64. The molecule has 7 heteroatoms. The SMILES string of the molecule is Cn1c(-c2cccc(N3CCc4sc(C(=O)Nc5ccccc5F)cc4C3)c2)nc2ccccc21. The van der Waals surface area contributed by atoms with Crippen LogP contribution in [0.15, 0.2) is 78.9 Å². The van der Waals surface area contributed by atoms with Gasteiger partial charge in [-0.3, -0.25) is 4.79 Å². The fourth-order valence-corrected chi connectivity index (χ4v) is 5.72. The number of benzene rings is 3. The molecule has 0 saturated carbocycles. The Morgan fingerprint density at radius 3 is 2.71 bits per heavy atom. The zero-order valence-corrected chi connectivity index (χ0v) is 20.0. The summed E-state index contributed by atoms with van der Waals surface area (Å²) in [6.45, 7) is 1.60. The van der Waals surface area contributed by atoms with Gasteiger partial charge in [0, 0.05) is 36.3 Å². The molecule has 0 saturated heterocycles. The minimum Gasteiger partial charge on any atom is -0.367 e. The molecule has 2 aromatic heterocycles. The minimum atomic E-state index is -0.436. The highest BCUT2D eigenvalue weighted by Crippen LogP contribution is 2.33. The lowest BCUT2D eigenvalue weighted by Crippen LogP contribution is -2.29. The first kappa shape index (κ1) is 21.6. The second-order valence-electron chi connectivity index (χ2n) is 8.70. The number of nitrogens with one attached hydrogen (secondary N) is 1. The standard InChI is InChI=1S/C28H23FN4OS/c1-32-24-12-5-4-11-23(24)30-27(32)18-7-6-8-20(15-18)33-14-13-25-19(17-33)16-26(35-25)28(34)31-22-10-3-2-9-21(22)29/h2-12,15-16H,13-14,17H2,1H3,(H,31,34). The molecule has 0 aliphatic carbocycles. The number of halogens is 1. The molecule has 1 aliphatic rings. The maximum Gasteiger partial charge on any atom is 0.265 e. The maximum absolute atomic E-state index is 13.9. The van der Waals surface area contributed by atoms with Crippen molar-refractivity contribution in [2.24, 2.45) is 7.05 Å². The lowest BCUT2D eigenvalue weighted by molar-refractivity contribution is 0.103. The van der Waals surface area contributed by atoms with Crippen LogP contribution in [-0.4, -0.2) is 22.0 Å². The molecule has 6 rings (SSSR count). The van der Waals surface area contributed by atoms with E-state index in [1.54, 1.807) is 18.2 Å². The van der Waals surface area contributed by atoms with Gasteiger partial charge in [-0.25, -0.2) is 9.37 Å². The van der Waals surface area contributed by atoms with Gasteiger partial charge in [-0.2, -0.15) is 0 Å².